The molecular weight excluding hydrogens is 290 g/mol. The number of aliphatic carboxylic acids is 1. The second-order valence-electron chi connectivity index (χ2n) is 3.94. The van der Waals surface area contributed by atoms with Crippen LogP contribution in [0.1, 0.15) is 23.2 Å². The summed E-state index contributed by atoms with van der Waals surface area (Å²) in [5.41, 5.74) is -0.674. The maximum absolute atomic E-state index is 13.4. The van der Waals surface area contributed by atoms with Crippen LogP contribution in [0.15, 0.2) is 12.3 Å². The summed E-state index contributed by atoms with van der Waals surface area (Å²) >= 11 is 0. The van der Waals surface area contributed by atoms with E-state index in [-0.39, 0.29) is 12.8 Å². The Bertz CT molecular complexity index is 565. The molecule has 2 N–H and O–H groups in total. The second kappa shape index (κ2) is 7.27. The fourth-order valence-electron chi connectivity index (χ4n) is 1.45. The Kier molecular flexibility index (Phi) is 5.70. The molecule has 0 aliphatic carbocycles. The van der Waals surface area contributed by atoms with E-state index in [2.05, 4.69) is 9.72 Å². The number of ether oxygens (including phenoxy) is 1. The molecule has 0 radical (unpaired) electrons. The zero-order chi connectivity index (χ0) is 16.0. The van der Waals surface area contributed by atoms with Crippen LogP contribution in [0.4, 0.5) is 8.78 Å². The highest BCUT2D eigenvalue weighted by Crippen LogP contribution is 2.10. The smallest absolute Gasteiger partial charge is 0.326 e. The van der Waals surface area contributed by atoms with Gasteiger partial charge in [-0.25, -0.2) is 14.2 Å². The molecule has 0 aromatic carbocycles. The lowest BCUT2D eigenvalue weighted by atomic mass is 10.1. The third kappa shape index (κ3) is 4.48. The summed E-state index contributed by atoms with van der Waals surface area (Å²) in [6.45, 7) is 0. The average Bonchev–Trinajstić information content (AvgIpc) is 2.45. The second-order valence-corrected chi connectivity index (χ2v) is 3.94. The van der Waals surface area contributed by atoms with Crippen LogP contribution >= 0.6 is 0 Å². The van der Waals surface area contributed by atoms with Gasteiger partial charge in [0, 0.05) is 12.6 Å². The summed E-state index contributed by atoms with van der Waals surface area (Å²) in [4.78, 5) is 36.6. The summed E-state index contributed by atoms with van der Waals surface area (Å²) in [5.74, 6) is -6.14. The topological polar surface area (TPSA) is 106 Å². The van der Waals surface area contributed by atoms with Gasteiger partial charge in [-0.05, 0) is 12.5 Å². The fourth-order valence-corrected chi connectivity index (χ4v) is 1.45. The van der Waals surface area contributed by atoms with Crippen molar-refractivity contribution in [3.63, 3.8) is 0 Å². The number of carboxylic acids is 1. The predicted octanol–water partition coefficient (Wildman–Crippen LogP) is 0.496. The minimum atomic E-state index is -1.48. The largest absolute Gasteiger partial charge is 0.480 e. The molecule has 1 atom stereocenters. The van der Waals surface area contributed by atoms with E-state index in [1.165, 1.54) is 0 Å². The number of aromatic nitrogens is 1. The third-order valence-electron chi connectivity index (χ3n) is 2.56. The van der Waals surface area contributed by atoms with Crippen LogP contribution in [0, 0.1) is 11.8 Å². The van der Waals surface area contributed by atoms with Crippen LogP contribution < -0.4 is 5.32 Å². The van der Waals surface area contributed by atoms with E-state index >= 15 is 0 Å². The molecule has 0 fully saturated rings. The summed E-state index contributed by atoms with van der Waals surface area (Å²) in [6, 6.07) is -0.528. The fraction of sp³-hybridized carbons (Fsp3) is 0.333. The molecule has 0 spiro atoms. The van der Waals surface area contributed by atoms with Crippen LogP contribution in [-0.4, -0.2) is 41.1 Å². The first-order chi connectivity index (χ1) is 9.86. The lowest BCUT2D eigenvalue weighted by molar-refractivity contribution is -0.142. The van der Waals surface area contributed by atoms with Crippen LogP contribution in [0.3, 0.4) is 0 Å². The number of rotatable bonds is 6. The third-order valence-corrected chi connectivity index (χ3v) is 2.56. The Morgan fingerprint density at radius 1 is 1.43 bits per heavy atom. The van der Waals surface area contributed by atoms with Crippen LogP contribution in [0.2, 0.25) is 0 Å². The van der Waals surface area contributed by atoms with Crippen LogP contribution in [-0.2, 0) is 14.3 Å². The first-order valence-electron chi connectivity index (χ1n) is 5.77. The van der Waals surface area contributed by atoms with E-state index in [9.17, 15) is 23.2 Å². The molecule has 1 rings (SSSR count). The van der Waals surface area contributed by atoms with Crippen molar-refractivity contribution in [2.24, 2.45) is 0 Å². The van der Waals surface area contributed by atoms with Crippen molar-refractivity contribution >= 4 is 17.8 Å². The number of esters is 1. The molecule has 0 saturated heterocycles. The molecule has 1 heterocycles. The van der Waals surface area contributed by atoms with Crippen LogP contribution in [0.25, 0.3) is 0 Å². The van der Waals surface area contributed by atoms with E-state index in [0.717, 1.165) is 19.4 Å². The summed E-state index contributed by atoms with van der Waals surface area (Å²) < 4.78 is 30.6. The molecule has 0 bridgehead atoms. The monoisotopic (exact) mass is 302 g/mol. The number of methoxy groups -OCH3 is 1. The number of amides is 1. The van der Waals surface area contributed by atoms with Crippen molar-refractivity contribution < 1.29 is 33.0 Å². The summed E-state index contributed by atoms with van der Waals surface area (Å²) in [6.07, 6.45) is 0.376. The number of pyridine rings is 1. The number of carbonyl (C=O) groups is 3. The molecule has 1 aromatic heterocycles. The molecule has 0 saturated carbocycles. The number of nitrogens with one attached hydrogen (secondary N) is 1. The number of hydrogen-bond acceptors (Lipinski definition) is 5. The van der Waals surface area contributed by atoms with Crippen molar-refractivity contribution in [1.29, 1.82) is 0 Å². The number of carbonyl (C=O) groups excluding carboxylic acids is 2. The van der Waals surface area contributed by atoms with Gasteiger partial charge in [0.1, 0.15) is 6.04 Å². The normalized spacial score (nSPS) is 11.6. The van der Waals surface area contributed by atoms with E-state index in [4.69, 9.17) is 5.11 Å². The van der Waals surface area contributed by atoms with Gasteiger partial charge in [-0.2, -0.15) is 4.39 Å². The van der Waals surface area contributed by atoms with Gasteiger partial charge in [-0.15, -0.1) is 0 Å². The standard InChI is InChI=1S/C12H12F2N2O5/c1-21-8(17)3-2-7(12(19)20)16-11(18)6-4-5-15-10(14)9(6)13/h4-5,7H,2-3H2,1H3,(H,16,18)(H,19,20)/t7-/m0/s1. The molecule has 0 aliphatic rings. The van der Waals surface area contributed by atoms with Gasteiger partial charge in [-0.3, -0.25) is 9.59 Å². The zero-order valence-corrected chi connectivity index (χ0v) is 10.9. The minimum absolute atomic E-state index is 0.247. The molecule has 21 heavy (non-hydrogen) atoms. The molecule has 7 nitrogen and oxygen atoms in total. The Labute approximate surface area is 117 Å². The van der Waals surface area contributed by atoms with Gasteiger partial charge in [0.05, 0.1) is 12.7 Å². The molecule has 9 heteroatoms. The lowest BCUT2D eigenvalue weighted by Crippen LogP contribution is -2.41. The van der Waals surface area contributed by atoms with E-state index in [1.807, 2.05) is 5.32 Å². The van der Waals surface area contributed by atoms with Crippen molar-refractivity contribution in [2.75, 3.05) is 7.11 Å². The number of carboxylic acid groups (broad SMARTS) is 1. The molecule has 1 amide bonds. The number of nitrogens with zero attached hydrogens (tertiary/aromatic N) is 1. The van der Waals surface area contributed by atoms with Crippen molar-refractivity contribution in [3.05, 3.63) is 29.6 Å². The first-order valence-corrected chi connectivity index (χ1v) is 5.77. The van der Waals surface area contributed by atoms with Gasteiger partial charge >= 0.3 is 11.9 Å². The SMILES string of the molecule is COC(=O)CC[C@H](NC(=O)c1ccnc(F)c1F)C(=O)O. The van der Waals surface area contributed by atoms with Gasteiger partial charge in [-0.1, -0.05) is 0 Å². The first kappa shape index (κ1) is 16.5. The Morgan fingerprint density at radius 2 is 2.10 bits per heavy atom. The Morgan fingerprint density at radius 3 is 2.67 bits per heavy atom. The van der Waals surface area contributed by atoms with E-state index in [1.54, 1.807) is 0 Å². The summed E-state index contributed by atoms with van der Waals surface area (Å²) in [7, 11) is 1.13. The van der Waals surface area contributed by atoms with Crippen molar-refractivity contribution in [1.82, 2.24) is 10.3 Å². The highest BCUT2D eigenvalue weighted by Gasteiger charge is 2.24. The molecule has 0 aliphatic heterocycles. The van der Waals surface area contributed by atoms with Gasteiger partial charge in [0.2, 0.25) is 5.95 Å². The maximum atomic E-state index is 13.4. The van der Waals surface area contributed by atoms with Crippen LogP contribution in [0.5, 0.6) is 0 Å². The van der Waals surface area contributed by atoms with E-state index in [0.29, 0.717) is 0 Å². The minimum Gasteiger partial charge on any atom is -0.480 e. The quantitative estimate of drug-likeness (QED) is 0.585. The molecule has 1 aromatic rings. The van der Waals surface area contributed by atoms with Gasteiger partial charge < -0.3 is 15.2 Å². The van der Waals surface area contributed by atoms with Gasteiger partial charge in [0.25, 0.3) is 5.91 Å². The molecule has 0 unspecified atom stereocenters. The highest BCUT2D eigenvalue weighted by atomic mass is 19.2. The number of halogens is 2. The number of hydrogen-bond donors (Lipinski definition) is 2. The van der Waals surface area contributed by atoms with Crippen molar-refractivity contribution in [2.45, 2.75) is 18.9 Å². The van der Waals surface area contributed by atoms with Gasteiger partial charge in [0.15, 0.2) is 5.82 Å². The Hall–Kier alpha value is -2.58. The highest BCUT2D eigenvalue weighted by molar-refractivity contribution is 5.96. The predicted molar refractivity (Wildman–Crippen MR) is 64.3 cm³/mol. The zero-order valence-electron chi connectivity index (χ0n) is 10.9. The molecular formula is C12H12F2N2O5. The van der Waals surface area contributed by atoms with Crippen molar-refractivity contribution in [3.8, 4) is 0 Å². The average molecular weight is 302 g/mol. The lowest BCUT2D eigenvalue weighted by Gasteiger charge is -2.14. The molecule has 114 valence electrons. The summed E-state index contributed by atoms with van der Waals surface area (Å²) in [5, 5.41) is 10.9. The maximum Gasteiger partial charge on any atom is 0.326 e. The Balaban J connectivity index is 2.79. The van der Waals surface area contributed by atoms with E-state index < -0.39 is 41.2 Å².